The van der Waals surface area contributed by atoms with Crippen LogP contribution in [0.3, 0.4) is 0 Å². The van der Waals surface area contributed by atoms with E-state index in [1.165, 1.54) is 0 Å². The van der Waals surface area contributed by atoms with Gasteiger partial charge in [-0.05, 0) is 49.2 Å². The average Bonchev–Trinajstić information content (AvgIpc) is 2.42. The summed E-state index contributed by atoms with van der Waals surface area (Å²) >= 11 is 9.30. The summed E-state index contributed by atoms with van der Waals surface area (Å²) in [5.74, 6) is -0.0775. The van der Waals surface area contributed by atoms with Crippen LogP contribution in [0.25, 0.3) is 0 Å². The van der Waals surface area contributed by atoms with Crippen LogP contribution in [0.1, 0.15) is 34.5 Å². The number of nitrogens with one attached hydrogen (secondary N) is 1. The molecule has 20 heavy (non-hydrogen) atoms. The molecule has 0 aromatic heterocycles. The van der Waals surface area contributed by atoms with Crippen LogP contribution in [0.4, 0.5) is 0 Å². The second kappa shape index (κ2) is 6.42. The van der Waals surface area contributed by atoms with E-state index in [9.17, 15) is 4.79 Å². The van der Waals surface area contributed by atoms with E-state index < -0.39 is 0 Å². The number of hydrogen-bond acceptors (Lipinski definition) is 1. The Morgan fingerprint density at radius 3 is 2.50 bits per heavy atom. The van der Waals surface area contributed by atoms with Gasteiger partial charge in [0.1, 0.15) is 0 Å². The fourth-order valence-corrected chi connectivity index (χ4v) is 2.45. The van der Waals surface area contributed by atoms with E-state index in [4.69, 9.17) is 11.6 Å². The topological polar surface area (TPSA) is 29.1 Å². The lowest BCUT2D eigenvalue weighted by Gasteiger charge is -2.16. The zero-order chi connectivity index (χ0) is 14.7. The summed E-state index contributed by atoms with van der Waals surface area (Å²) in [5, 5.41) is 3.69. The SMILES string of the molecule is Cc1c(Br)cccc1C(=O)NC(C)c1ccc(Cl)cc1. The molecule has 0 fully saturated rings. The van der Waals surface area contributed by atoms with Crippen molar-refractivity contribution in [3.8, 4) is 0 Å². The third-order valence-corrected chi connectivity index (χ3v) is 4.34. The van der Waals surface area contributed by atoms with Crippen molar-refractivity contribution < 1.29 is 4.79 Å². The van der Waals surface area contributed by atoms with Crippen LogP contribution in [-0.2, 0) is 0 Å². The summed E-state index contributed by atoms with van der Waals surface area (Å²) < 4.78 is 0.935. The van der Waals surface area contributed by atoms with Crippen molar-refractivity contribution >= 4 is 33.4 Å². The summed E-state index contributed by atoms with van der Waals surface area (Å²) in [6, 6.07) is 13.0. The predicted molar refractivity (Wildman–Crippen MR) is 86.2 cm³/mol. The Morgan fingerprint density at radius 2 is 1.85 bits per heavy atom. The second-order valence-electron chi connectivity index (χ2n) is 4.66. The first-order valence-electron chi connectivity index (χ1n) is 6.30. The van der Waals surface area contributed by atoms with Crippen molar-refractivity contribution in [1.82, 2.24) is 5.32 Å². The molecule has 0 spiro atoms. The summed E-state index contributed by atoms with van der Waals surface area (Å²) in [4.78, 5) is 12.3. The first-order valence-corrected chi connectivity index (χ1v) is 7.47. The van der Waals surface area contributed by atoms with Crippen molar-refractivity contribution in [2.75, 3.05) is 0 Å². The summed E-state index contributed by atoms with van der Waals surface area (Å²) in [6.45, 7) is 3.88. The normalized spacial score (nSPS) is 12.0. The minimum absolute atomic E-state index is 0.0712. The quantitative estimate of drug-likeness (QED) is 0.836. The van der Waals surface area contributed by atoms with Gasteiger partial charge in [-0.25, -0.2) is 0 Å². The Bertz CT molecular complexity index is 625. The molecule has 0 radical (unpaired) electrons. The van der Waals surface area contributed by atoms with Gasteiger partial charge >= 0.3 is 0 Å². The molecule has 2 aromatic carbocycles. The largest absolute Gasteiger partial charge is 0.346 e. The molecule has 0 aliphatic carbocycles. The van der Waals surface area contributed by atoms with Gasteiger partial charge in [0, 0.05) is 15.1 Å². The van der Waals surface area contributed by atoms with E-state index in [1.807, 2.05) is 56.3 Å². The molecule has 104 valence electrons. The zero-order valence-electron chi connectivity index (χ0n) is 11.3. The highest BCUT2D eigenvalue weighted by molar-refractivity contribution is 9.10. The Kier molecular flexibility index (Phi) is 4.84. The van der Waals surface area contributed by atoms with E-state index in [2.05, 4.69) is 21.2 Å². The van der Waals surface area contributed by atoms with Crippen LogP contribution in [-0.4, -0.2) is 5.91 Å². The Hall–Kier alpha value is -1.32. The maximum Gasteiger partial charge on any atom is 0.252 e. The van der Waals surface area contributed by atoms with E-state index >= 15 is 0 Å². The highest BCUT2D eigenvalue weighted by Gasteiger charge is 2.14. The molecule has 2 rings (SSSR count). The van der Waals surface area contributed by atoms with Gasteiger partial charge in [0.05, 0.1) is 6.04 Å². The number of halogens is 2. The number of hydrogen-bond donors (Lipinski definition) is 1. The first kappa shape index (κ1) is 15.1. The molecular weight excluding hydrogens is 338 g/mol. The number of rotatable bonds is 3. The van der Waals surface area contributed by atoms with Gasteiger partial charge in [-0.15, -0.1) is 0 Å². The number of carbonyl (C=O) groups is 1. The molecule has 0 aliphatic rings. The summed E-state index contributed by atoms with van der Waals surface area (Å²) in [7, 11) is 0. The van der Waals surface area contributed by atoms with E-state index in [-0.39, 0.29) is 11.9 Å². The lowest BCUT2D eigenvalue weighted by molar-refractivity contribution is 0.0939. The predicted octanol–water partition coefficient (Wildman–Crippen LogP) is 4.90. The lowest BCUT2D eigenvalue weighted by Crippen LogP contribution is -2.27. The van der Waals surface area contributed by atoms with Crippen LogP contribution in [0.5, 0.6) is 0 Å². The fourth-order valence-electron chi connectivity index (χ4n) is 1.96. The molecule has 1 unspecified atom stereocenters. The molecule has 0 saturated heterocycles. The van der Waals surface area contributed by atoms with Crippen molar-refractivity contribution in [3.05, 3.63) is 68.7 Å². The van der Waals surface area contributed by atoms with Crippen LogP contribution in [0.15, 0.2) is 46.9 Å². The highest BCUT2D eigenvalue weighted by Crippen LogP contribution is 2.21. The van der Waals surface area contributed by atoms with Gasteiger partial charge in [-0.1, -0.05) is 45.7 Å². The maximum absolute atomic E-state index is 12.3. The smallest absolute Gasteiger partial charge is 0.252 e. The van der Waals surface area contributed by atoms with Gasteiger partial charge in [-0.2, -0.15) is 0 Å². The molecule has 1 N–H and O–H groups in total. The van der Waals surface area contributed by atoms with E-state index in [0.717, 1.165) is 15.6 Å². The minimum Gasteiger partial charge on any atom is -0.346 e. The molecule has 4 heteroatoms. The van der Waals surface area contributed by atoms with Crippen molar-refractivity contribution in [1.29, 1.82) is 0 Å². The molecule has 0 bridgehead atoms. The van der Waals surface area contributed by atoms with Crippen LogP contribution in [0.2, 0.25) is 5.02 Å². The van der Waals surface area contributed by atoms with Gasteiger partial charge in [-0.3, -0.25) is 4.79 Å². The maximum atomic E-state index is 12.3. The monoisotopic (exact) mass is 351 g/mol. The standard InChI is InChI=1S/C16H15BrClNO/c1-10-14(4-3-5-15(10)17)16(20)19-11(2)12-6-8-13(18)9-7-12/h3-9,11H,1-2H3,(H,19,20). The molecule has 0 aliphatic heterocycles. The molecule has 1 atom stereocenters. The van der Waals surface area contributed by atoms with Crippen LogP contribution >= 0.6 is 27.5 Å². The first-order chi connectivity index (χ1) is 9.49. The minimum atomic E-state index is -0.0775. The second-order valence-corrected chi connectivity index (χ2v) is 5.95. The molecule has 2 aromatic rings. The molecule has 2 nitrogen and oxygen atoms in total. The molecule has 0 heterocycles. The van der Waals surface area contributed by atoms with E-state index in [1.54, 1.807) is 0 Å². The Labute approximate surface area is 132 Å². The lowest BCUT2D eigenvalue weighted by atomic mass is 10.1. The Morgan fingerprint density at radius 1 is 1.20 bits per heavy atom. The van der Waals surface area contributed by atoms with Crippen molar-refractivity contribution in [3.63, 3.8) is 0 Å². The van der Waals surface area contributed by atoms with Crippen molar-refractivity contribution in [2.24, 2.45) is 0 Å². The molecule has 1 amide bonds. The van der Waals surface area contributed by atoms with Gasteiger partial charge < -0.3 is 5.32 Å². The summed E-state index contributed by atoms with van der Waals surface area (Å²) in [5.41, 5.74) is 2.64. The number of carbonyl (C=O) groups excluding carboxylic acids is 1. The van der Waals surface area contributed by atoms with Crippen LogP contribution < -0.4 is 5.32 Å². The van der Waals surface area contributed by atoms with Gasteiger partial charge in [0.25, 0.3) is 5.91 Å². The number of benzene rings is 2. The zero-order valence-corrected chi connectivity index (χ0v) is 13.6. The molecular formula is C16H15BrClNO. The van der Waals surface area contributed by atoms with E-state index in [0.29, 0.717) is 10.6 Å². The van der Waals surface area contributed by atoms with Crippen molar-refractivity contribution in [2.45, 2.75) is 19.9 Å². The number of amides is 1. The third kappa shape index (κ3) is 3.41. The summed E-state index contributed by atoms with van der Waals surface area (Å²) in [6.07, 6.45) is 0. The van der Waals surface area contributed by atoms with Gasteiger partial charge in [0.15, 0.2) is 0 Å². The third-order valence-electron chi connectivity index (χ3n) is 3.23. The highest BCUT2D eigenvalue weighted by atomic mass is 79.9. The van der Waals surface area contributed by atoms with Gasteiger partial charge in [0.2, 0.25) is 0 Å². The van der Waals surface area contributed by atoms with Crippen LogP contribution in [0, 0.1) is 6.92 Å². The average molecular weight is 353 g/mol. The fraction of sp³-hybridized carbons (Fsp3) is 0.188. The molecule has 0 saturated carbocycles. The Balaban J connectivity index is 2.15.